The van der Waals surface area contributed by atoms with Gasteiger partial charge >= 0.3 is 0 Å². The smallest absolute Gasteiger partial charge is 0.289 e. The number of fused-ring (bicyclic) bond motifs is 1. The molecule has 0 atom stereocenters. The average Bonchev–Trinajstić information content (AvgIpc) is 3.11. The first-order valence-corrected chi connectivity index (χ1v) is 10.3. The van der Waals surface area contributed by atoms with E-state index in [0.29, 0.717) is 16.8 Å². The highest BCUT2D eigenvalue weighted by atomic mass is 19.3. The van der Waals surface area contributed by atoms with Gasteiger partial charge in [-0.3, -0.25) is 4.68 Å². The van der Waals surface area contributed by atoms with Crippen LogP contribution in [0, 0.1) is 41.9 Å². The first-order valence-electron chi connectivity index (χ1n) is 10.3. The number of allylic oxidation sites excluding steroid dienone is 1. The topological polar surface area (TPSA) is 112 Å². The molecular formula is C23H19F2N7O. The molecule has 33 heavy (non-hydrogen) atoms. The maximum Gasteiger partial charge on any atom is 0.289 e. The van der Waals surface area contributed by atoms with Gasteiger partial charge < -0.3 is 10.1 Å². The van der Waals surface area contributed by atoms with Crippen LogP contribution in [0.15, 0.2) is 24.4 Å². The van der Waals surface area contributed by atoms with Crippen molar-refractivity contribution in [2.75, 3.05) is 5.32 Å². The Morgan fingerprint density at radius 3 is 2.48 bits per heavy atom. The largest absolute Gasteiger partial charge is 0.437 e. The normalized spacial score (nSPS) is 24.6. The maximum absolute atomic E-state index is 14.6. The van der Waals surface area contributed by atoms with Gasteiger partial charge in [-0.2, -0.15) is 25.6 Å². The Hall–Kier alpha value is -4.05. The van der Waals surface area contributed by atoms with Gasteiger partial charge in [0.1, 0.15) is 22.1 Å². The Morgan fingerprint density at radius 2 is 1.88 bits per heavy atom. The number of benzene rings is 1. The minimum atomic E-state index is -3.15. The summed E-state index contributed by atoms with van der Waals surface area (Å²) >= 11 is 0. The van der Waals surface area contributed by atoms with Crippen LogP contribution < -0.4 is 10.1 Å². The van der Waals surface area contributed by atoms with Crippen LogP contribution in [0.1, 0.15) is 29.5 Å². The third kappa shape index (κ3) is 2.80. The number of rotatable bonds is 5. The van der Waals surface area contributed by atoms with Crippen LogP contribution in [0.5, 0.6) is 11.6 Å². The second kappa shape index (κ2) is 6.72. The van der Waals surface area contributed by atoms with Crippen LogP contribution >= 0.6 is 0 Å². The molecule has 166 valence electrons. The third-order valence-corrected chi connectivity index (χ3v) is 6.46. The molecular weight excluding hydrogens is 428 g/mol. The van der Waals surface area contributed by atoms with E-state index < -0.39 is 16.9 Å². The van der Waals surface area contributed by atoms with E-state index in [-0.39, 0.29) is 24.7 Å². The molecule has 2 bridgehead atoms. The third-order valence-electron chi connectivity index (χ3n) is 6.46. The van der Waals surface area contributed by atoms with Gasteiger partial charge in [0.25, 0.3) is 5.92 Å². The van der Waals surface area contributed by atoms with Gasteiger partial charge in [0.05, 0.1) is 12.1 Å². The summed E-state index contributed by atoms with van der Waals surface area (Å²) in [6.45, 7) is 3.74. The van der Waals surface area contributed by atoms with E-state index in [9.17, 15) is 8.78 Å². The molecule has 0 unspecified atom stereocenters. The van der Waals surface area contributed by atoms with Gasteiger partial charge in [-0.15, -0.1) is 0 Å². The molecule has 8 nitrogen and oxygen atoms in total. The molecule has 0 spiro atoms. The van der Waals surface area contributed by atoms with Crippen molar-refractivity contribution >= 4 is 23.1 Å². The zero-order valence-electron chi connectivity index (χ0n) is 18.1. The van der Waals surface area contributed by atoms with Crippen molar-refractivity contribution in [1.29, 1.82) is 10.5 Å². The van der Waals surface area contributed by atoms with Gasteiger partial charge in [-0.05, 0) is 48.7 Å². The standard InChI is InChI=1S/C23H19F2N7O/c1-13-7-15(5-4-6-26)8-14(2)17(13)33-19-16-9-32(3)31-18(16)28-20(29-19)30-22-10-21(11-22,12-27)23(22,24)25/h4-5,7-9H,10-11H2,1-3H3,(H,28,30,31)/b5-4+. The molecule has 3 saturated carbocycles. The van der Waals surface area contributed by atoms with Gasteiger partial charge in [0, 0.05) is 32.2 Å². The van der Waals surface area contributed by atoms with E-state index in [0.717, 1.165) is 16.7 Å². The fourth-order valence-corrected chi connectivity index (χ4v) is 4.79. The van der Waals surface area contributed by atoms with Crippen molar-refractivity contribution in [2.45, 2.75) is 38.2 Å². The van der Waals surface area contributed by atoms with Crippen LogP contribution in [0.4, 0.5) is 14.7 Å². The summed E-state index contributed by atoms with van der Waals surface area (Å²) in [6.07, 6.45) is 4.88. The highest BCUT2D eigenvalue weighted by Gasteiger charge is 2.90. The molecule has 2 aromatic heterocycles. The lowest BCUT2D eigenvalue weighted by Gasteiger charge is -2.71. The number of aryl methyl sites for hydroxylation is 3. The second-order valence-electron chi connectivity index (χ2n) is 8.77. The Morgan fingerprint density at radius 1 is 1.18 bits per heavy atom. The highest BCUT2D eigenvalue weighted by Crippen LogP contribution is 2.76. The van der Waals surface area contributed by atoms with Crippen molar-refractivity contribution in [2.24, 2.45) is 12.5 Å². The Labute approximate surface area is 188 Å². The van der Waals surface area contributed by atoms with Crippen molar-refractivity contribution in [3.05, 3.63) is 41.1 Å². The van der Waals surface area contributed by atoms with Crippen molar-refractivity contribution in [3.8, 4) is 23.8 Å². The fraction of sp³-hybridized carbons (Fsp3) is 0.348. The summed E-state index contributed by atoms with van der Waals surface area (Å²) in [5.41, 5.74) is -0.321. The summed E-state index contributed by atoms with van der Waals surface area (Å²) in [5, 5.41) is 25.5. The molecule has 2 heterocycles. The number of nitrogens with zero attached hydrogens (tertiary/aromatic N) is 6. The molecule has 0 saturated heterocycles. The number of halogens is 2. The number of nitriles is 2. The number of aromatic nitrogens is 4. The van der Waals surface area contributed by atoms with E-state index in [1.54, 1.807) is 30.1 Å². The van der Waals surface area contributed by atoms with Crippen molar-refractivity contribution < 1.29 is 13.5 Å². The number of hydrogen-bond donors (Lipinski definition) is 1. The first kappa shape index (κ1) is 20.8. The van der Waals surface area contributed by atoms with Crippen LogP contribution in [0.25, 0.3) is 17.1 Å². The van der Waals surface area contributed by atoms with E-state index in [2.05, 4.69) is 20.4 Å². The summed E-state index contributed by atoms with van der Waals surface area (Å²) < 4.78 is 36.8. The molecule has 10 heteroatoms. The average molecular weight is 447 g/mol. The molecule has 0 amide bonds. The Bertz CT molecular complexity index is 1400. The molecule has 1 N–H and O–H groups in total. The predicted molar refractivity (Wildman–Crippen MR) is 116 cm³/mol. The van der Waals surface area contributed by atoms with Crippen LogP contribution in [0.2, 0.25) is 0 Å². The van der Waals surface area contributed by atoms with E-state index in [1.807, 2.05) is 32.0 Å². The summed E-state index contributed by atoms with van der Waals surface area (Å²) in [6, 6.07) is 7.47. The highest BCUT2D eigenvalue weighted by molar-refractivity contribution is 5.81. The van der Waals surface area contributed by atoms with Gasteiger partial charge in [-0.1, -0.05) is 0 Å². The van der Waals surface area contributed by atoms with Gasteiger partial charge in [0.15, 0.2) is 5.65 Å². The van der Waals surface area contributed by atoms with Crippen molar-refractivity contribution in [3.63, 3.8) is 0 Å². The molecule has 3 aliphatic rings. The molecule has 3 aliphatic carbocycles. The predicted octanol–water partition coefficient (Wildman–Crippen LogP) is 4.41. The number of anilines is 1. The molecule has 6 rings (SSSR count). The Balaban J connectivity index is 1.51. The van der Waals surface area contributed by atoms with Crippen LogP contribution in [-0.4, -0.2) is 31.2 Å². The van der Waals surface area contributed by atoms with Gasteiger partial charge in [-0.25, -0.2) is 8.78 Å². The monoisotopic (exact) mass is 447 g/mol. The minimum Gasteiger partial charge on any atom is -0.437 e. The molecule has 3 fully saturated rings. The van der Waals surface area contributed by atoms with Crippen LogP contribution in [0.3, 0.4) is 0 Å². The summed E-state index contributed by atoms with van der Waals surface area (Å²) in [5.74, 6) is -2.42. The summed E-state index contributed by atoms with van der Waals surface area (Å²) in [7, 11) is 1.72. The fourth-order valence-electron chi connectivity index (χ4n) is 4.79. The lowest BCUT2D eigenvalue weighted by Crippen LogP contribution is -2.86. The van der Waals surface area contributed by atoms with Gasteiger partial charge in [0.2, 0.25) is 11.8 Å². The van der Waals surface area contributed by atoms with Crippen molar-refractivity contribution in [1.82, 2.24) is 19.7 Å². The molecule has 3 aromatic rings. The van der Waals surface area contributed by atoms with E-state index in [1.165, 1.54) is 6.08 Å². The zero-order valence-corrected chi connectivity index (χ0v) is 18.1. The number of ether oxygens (including phenoxy) is 1. The first-order chi connectivity index (χ1) is 15.6. The zero-order chi connectivity index (χ0) is 23.6. The minimum absolute atomic E-state index is 0.0222. The lowest BCUT2D eigenvalue weighted by atomic mass is 9.37. The van der Waals surface area contributed by atoms with E-state index >= 15 is 0 Å². The summed E-state index contributed by atoms with van der Waals surface area (Å²) in [4.78, 5) is 8.71. The Kier molecular flexibility index (Phi) is 4.24. The molecule has 0 aliphatic heterocycles. The number of hydrogen-bond acceptors (Lipinski definition) is 7. The van der Waals surface area contributed by atoms with E-state index in [4.69, 9.17) is 15.3 Å². The maximum atomic E-state index is 14.6. The van der Waals surface area contributed by atoms with Crippen LogP contribution in [-0.2, 0) is 7.05 Å². The molecule has 0 radical (unpaired) electrons. The SMILES string of the molecule is Cc1cc(/C=C/C#N)cc(C)c1Oc1nc(NC23CC(C#N)(C2)C3(F)F)nc2nn(C)cc12. The second-order valence-corrected chi connectivity index (χ2v) is 8.77. The number of alkyl halides is 2. The molecule has 1 aromatic carbocycles. The quantitative estimate of drug-likeness (QED) is 0.576. The number of nitrogens with one attached hydrogen (secondary N) is 1. The lowest BCUT2D eigenvalue weighted by molar-refractivity contribution is -0.324.